The van der Waals surface area contributed by atoms with Crippen LogP contribution in [0.1, 0.15) is 33.3 Å². The molecule has 1 aromatic rings. The highest BCUT2D eigenvalue weighted by Gasteiger charge is 2.25. The van der Waals surface area contributed by atoms with Crippen molar-refractivity contribution in [2.24, 2.45) is 11.3 Å². The van der Waals surface area contributed by atoms with Crippen molar-refractivity contribution >= 4 is 15.9 Å². The van der Waals surface area contributed by atoms with Gasteiger partial charge in [0.25, 0.3) is 0 Å². The van der Waals surface area contributed by atoms with Gasteiger partial charge in [-0.2, -0.15) is 0 Å². The molecule has 3 heteroatoms. The molecule has 0 bridgehead atoms. The summed E-state index contributed by atoms with van der Waals surface area (Å²) >= 11 is 3.41. The number of rotatable bonds is 5. The average Bonchev–Trinajstić information content (AvgIpc) is 2.27. The molecular formula is C15H23BrFN. The molecular weight excluding hydrogens is 293 g/mol. The molecule has 1 unspecified atom stereocenters. The normalized spacial score (nSPS) is 13.7. The van der Waals surface area contributed by atoms with Crippen molar-refractivity contribution in [2.45, 2.75) is 34.1 Å². The van der Waals surface area contributed by atoms with E-state index in [1.165, 1.54) is 6.07 Å². The van der Waals surface area contributed by atoms with Gasteiger partial charge in [-0.25, -0.2) is 4.39 Å². The van der Waals surface area contributed by atoms with Gasteiger partial charge in [-0.15, -0.1) is 0 Å². The third kappa shape index (κ3) is 4.69. The minimum atomic E-state index is -0.107. The van der Waals surface area contributed by atoms with Crippen LogP contribution in [0.25, 0.3) is 0 Å². The maximum Gasteiger partial charge on any atom is 0.126 e. The Labute approximate surface area is 118 Å². The lowest BCUT2D eigenvalue weighted by molar-refractivity contribution is 0.230. The third-order valence-electron chi connectivity index (χ3n) is 3.34. The van der Waals surface area contributed by atoms with Gasteiger partial charge in [-0.1, -0.05) is 43.6 Å². The first-order valence-electron chi connectivity index (χ1n) is 6.49. The maximum absolute atomic E-state index is 13.8. The highest BCUT2D eigenvalue weighted by atomic mass is 79.9. The molecule has 0 aliphatic rings. The van der Waals surface area contributed by atoms with Crippen LogP contribution in [-0.4, -0.2) is 13.1 Å². The zero-order valence-electron chi connectivity index (χ0n) is 11.7. The van der Waals surface area contributed by atoms with Gasteiger partial charge in [0.2, 0.25) is 0 Å². The van der Waals surface area contributed by atoms with Gasteiger partial charge in [-0.05, 0) is 54.6 Å². The first-order chi connectivity index (χ1) is 8.34. The molecule has 0 aliphatic carbocycles. The van der Waals surface area contributed by atoms with Crippen molar-refractivity contribution in [1.29, 1.82) is 0 Å². The molecule has 0 aromatic heterocycles. The molecule has 102 valence electrons. The van der Waals surface area contributed by atoms with Gasteiger partial charge in [0, 0.05) is 4.47 Å². The number of benzene rings is 1. The van der Waals surface area contributed by atoms with E-state index in [1.807, 2.05) is 6.07 Å². The Hall–Kier alpha value is -0.410. The van der Waals surface area contributed by atoms with Crippen LogP contribution >= 0.6 is 15.9 Å². The van der Waals surface area contributed by atoms with Crippen LogP contribution in [0.3, 0.4) is 0 Å². The second-order valence-electron chi connectivity index (χ2n) is 5.81. The lowest BCUT2D eigenvalue weighted by Gasteiger charge is -2.31. The van der Waals surface area contributed by atoms with Crippen molar-refractivity contribution in [3.63, 3.8) is 0 Å². The lowest BCUT2D eigenvalue weighted by Crippen LogP contribution is -2.33. The van der Waals surface area contributed by atoms with E-state index in [9.17, 15) is 4.39 Å². The first-order valence-corrected chi connectivity index (χ1v) is 7.28. The largest absolute Gasteiger partial charge is 0.317 e. The summed E-state index contributed by atoms with van der Waals surface area (Å²) in [6.07, 6.45) is 0.766. The number of halogens is 2. The Morgan fingerprint density at radius 2 is 2.00 bits per heavy atom. The van der Waals surface area contributed by atoms with E-state index in [2.05, 4.69) is 48.9 Å². The molecule has 0 radical (unpaired) electrons. The quantitative estimate of drug-likeness (QED) is 0.849. The summed E-state index contributed by atoms with van der Waals surface area (Å²) in [5.74, 6) is 0.310. The van der Waals surface area contributed by atoms with E-state index < -0.39 is 0 Å². The number of nitrogens with one attached hydrogen (secondary N) is 1. The highest BCUT2D eigenvalue weighted by molar-refractivity contribution is 9.10. The summed E-state index contributed by atoms with van der Waals surface area (Å²) in [7, 11) is 0. The molecule has 18 heavy (non-hydrogen) atoms. The van der Waals surface area contributed by atoms with Crippen LogP contribution in [0.4, 0.5) is 4.39 Å². The highest BCUT2D eigenvalue weighted by Crippen LogP contribution is 2.30. The number of hydrogen-bond acceptors (Lipinski definition) is 1. The zero-order chi connectivity index (χ0) is 13.8. The topological polar surface area (TPSA) is 12.0 Å². The van der Waals surface area contributed by atoms with Gasteiger partial charge in [-0.3, -0.25) is 0 Å². The van der Waals surface area contributed by atoms with Gasteiger partial charge < -0.3 is 5.32 Å². The summed E-state index contributed by atoms with van der Waals surface area (Å²) in [4.78, 5) is 0. The van der Waals surface area contributed by atoms with E-state index >= 15 is 0 Å². The monoisotopic (exact) mass is 315 g/mol. The maximum atomic E-state index is 13.8. The smallest absolute Gasteiger partial charge is 0.126 e. The SMILES string of the molecule is CCNCC(Cc1cc(Br)ccc1F)C(C)(C)C. The Kier molecular flexibility index (Phi) is 5.80. The third-order valence-corrected chi connectivity index (χ3v) is 3.83. The van der Waals surface area contributed by atoms with Crippen LogP contribution < -0.4 is 5.32 Å². The minimum Gasteiger partial charge on any atom is -0.317 e. The van der Waals surface area contributed by atoms with Crippen molar-refractivity contribution in [3.05, 3.63) is 34.1 Å². The van der Waals surface area contributed by atoms with Crippen LogP contribution in [0, 0.1) is 17.2 Å². The summed E-state index contributed by atoms with van der Waals surface area (Å²) < 4.78 is 14.7. The molecule has 0 saturated heterocycles. The Balaban J connectivity index is 2.85. The Morgan fingerprint density at radius 1 is 1.33 bits per heavy atom. The summed E-state index contributed by atoms with van der Waals surface area (Å²) in [5.41, 5.74) is 0.957. The van der Waals surface area contributed by atoms with E-state index in [0.29, 0.717) is 5.92 Å². The van der Waals surface area contributed by atoms with Gasteiger partial charge in [0.05, 0.1) is 0 Å². The molecule has 1 aromatic carbocycles. The predicted molar refractivity (Wildman–Crippen MR) is 79.3 cm³/mol. The van der Waals surface area contributed by atoms with Gasteiger partial charge >= 0.3 is 0 Å². The lowest BCUT2D eigenvalue weighted by atomic mass is 9.77. The average molecular weight is 316 g/mol. The first kappa shape index (κ1) is 15.6. The molecule has 0 fully saturated rings. The van der Waals surface area contributed by atoms with E-state index in [4.69, 9.17) is 0 Å². The summed E-state index contributed by atoms with van der Waals surface area (Å²) in [6.45, 7) is 10.6. The van der Waals surface area contributed by atoms with Crippen LogP contribution in [0.2, 0.25) is 0 Å². The molecule has 0 heterocycles. The fourth-order valence-electron chi connectivity index (χ4n) is 1.97. The van der Waals surface area contributed by atoms with Gasteiger partial charge in [0.15, 0.2) is 0 Å². The molecule has 0 spiro atoms. The second kappa shape index (κ2) is 6.67. The summed E-state index contributed by atoms with van der Waals surface area (Å²) in [6, 6.07) is 5.17. The van der Waals surface area contributed by atoms with Crippen LogP contribution in [0.15, 0.2) is 22.7 Å². The van der Waals surface area contributed by atoms with E-state index in [-0.39, 0.29) is 11.2 Å². The fraction of sp³-hybridized carbons (Fsp3) is 0.600. The van der Waals surface area contributed by atoms with Gasteiger partial charge in [0.1, 0.15) is 5.82 Å². The molecule has 1 N–H and O–H groups in total. The van der Waals surface area contributed by atoms with Crippen molar-refractivity contribution in [2.75, 3.05) is 13.1 Å². The predicted octanol–water partition coefficient (Wildman–Crippen LogP) is 4.40. The van der Waals surface area contributed by atoms with Crippen LogP contribution in [0.5, 0.6) is 0 Å². The van der Waals surface area contributed by atoms with Crippen LogP contribution in [-0.2, 0) is 6.42 Å². The molecule has 0 aliphatic heterocycles. The molecule has 0 saturated carbocycles. The molecule has 1 atom stereocenters. The van der Waals surface area contributed by atoms with E-state index in [0.717, 1.165) is 29.5 Å². The minimum absolute atomic E-state index is 0.107. The van der Waals surface area contributed by atoms with Crippen molar-refractivity contribution in [3.8, 4) is 0 Å². The fourth-order valence-corrected chi connectivity index (χ4v) is 2.38. The number of hydrogen-bond donors (Lipinski definition) is 1. The molecule has 1 nitrogen and oxygen atoms in total. The van der Waals surface area contributed by atoms with E-state index in [1.54, 1.807) is 6.07 Å². The standard InChI is InChI=1S/C15H23BrFN/c1-5-18-10-12(15(2,3)4)8-11-9-13(16)6-7-14(11)17/h6-7,9,12,18H,5,8,10H2,1-4H3. The van der Waals surface area contributed by atoms with Crippen molar-refractivity contribution < 1.29 is 4.39 Å². The Morgan fingerprint density at radius 3 is 2.56 bits per heavy atom. The molecule has 0 amide bonds. The summed E-state index contributed by atoms with van der Waals surface area (Å²) in [5, 5.41) is 3.38. The Bertz CT molecular complexity index is 385. The second-order valence-corrected chi connectivity index (χ2v) is 6.73. The zero-order valence-corrected chi connectivity index (χ0v) is 13.3. The molecule has 1 rings (SSSR count). The van der Waals surface area contributed by atoms with Crippen molar-refractivity contribution in [1.82, 2.24) is 5.32 Å².